The highest BCUT2D eigenvalue weighted by atomic mass is 19.4. The van der Waals surface area contributed by atoms with Crippen molar-refractivity contribution >= 4 is 5.91 Å². The number of halogens is 3. The Balaban J connectivity index is 1.61. The fraction of sp³-hybridized carbons (Fsp3) is 0.562. The number of carbonyl (C=O) groups is 1. The lowest BCUT2D eigenvalue weighted by molar-refractivity contribution is -0.137. The Kier molecular flexibility index (Phi) is 4.12. The Labute approximate surface area is 127 Å². The Bertz CT molecular complexity index is 541. The maximum Gasteiger partial charge on any atom is 0.416 e. The summed E-state index contributed by atoms with van der Waals surface area (Å²) in [4.78, 5) is 13.8. The number of hydrogen-bond donors (Lipinski definition) is 1. The Morgan fingerprint density at radius 1 is 1.18 bits per heavy atom. The third-order valence-electron chi connectivity index (χ3n) is 4.53. The number of likely N-dealkylation sites (tertiary alicyclic amines) is 1. The summed E-state index contributed by atoms with van der Waals surface area (Å²) >= 11 is 0. The van der Waals surface area contributed by atoms with E-state index in [9.17, 15) is 18.0 Å². The summed E-state index contributed by atoms with van der Waals surface area (Å²) in [5.41, 5.74) is 0.255. The molecular formula is C16H19F3N2O. The number of fused-ring (bicyclic) bond motifs is 1. The molecule has 3 rings (SSSR count). The van der Waals surface area contributed by atoms with Crippen molar-refractivity contribution in [3.63, 3.8) is 0 Å². The van der Waals surface area contributed by atoms with Crippen LogP contribution in [0.3, 0.4) is 0 Å². The van der Waals surface area contributed by atoms with Gasteiger partial charge in [0.15, 0.2) is 0 Å². The highest BCUT2D eigenvalue weighted by molar-refractivity contribution is 5.76. The fourth-order valence-corrected chi connectivity index (χ4v) is 3.41. The van der Waals surface area contributed by atoms with E-state index in [0.717, 1.165) is 43.6 Å². The molecule has 6 heteroatoms. The monoisotopic (exact) mass is 312 g/mol. The molecule has 2 heterocycles. The van der Waals surface area contributed by atoms with Crippen LogP contribution in [0.4, 0.5) is 13.2 Å². The molecule has 2 aliphatic rings. The number of amides is 1. The topological polar surface area (TPSA) is 32.3 Å². The number of nitrogens with zero attached hydrogens (tertiary/aromatic N) is 1. The van der Waals surface area contributed by atoms with Crippen molar-refractivity contribution in [2.24, 2.45) is 5.92 Å². The zero-order valence-electron chi connectivity index (χ0n) is 12.2. The summed E-state index contributed by atoms with van der Waals surface area (Å²) in [6.07, 6.45) is -1.73. The summed E-state index contributed by atoms with van der Waals surface area (Å²) in [6.45, 7) is 2.30. The van der Waals surface area contributed by atoms with Crippen molar-refractivity contribution in [3.05, 3.63) is 35.4 Å². The van der Waals surface area contributed by atoms with Gasteiger partial charge in [0.1, 0.15) is 0 Å². The van der Waals surface area contributed by atoms with Gasteiger partial charge >= 0.3 is 6.18 Å². The van der Waals surface area contributed by atoms with Crippen molar-refractivity contribution in [3.8, 4) is 0 Å². The third kappa shape index (κ3) is 3.43. The fourth-order valence-electron chi connectivity index (χ4n) is 3.41. The van der Waals surface area contributed by atoms with Crippen LogP contribution in [0.25, 0.3) is 0 Å². The zero-order chi connectivity index (χ0) is 15.7. The molecule has 2 atom stereocenters. The van der Waals surface area contributed by atoms with Gasteiger partial charge < -0.3 is 5.32 Å². The lowest BCUT2D eigenvalue weighted by Gasteiger charge is -2.17. The molecule has 2 aliphatic heterocycles. The lowest BCUT2D eigenvalue weighted by Crippen LogP contribution is -2.38. The molecule has 0 spiro atoms. The van der Waals surface area contributed by atoms with Crippen molar-refractivity contribution < 1.29 is 18.0 Å². The van der Waals surface area contributed by atoms with Gasteiger partial charge in [0.25, 0.3) is 0 Å². The first-order chi connectivity index (χ1) is 10.4. The van der Waals surface area contributed by atoms with Gasteiger partial charge in [-0.25, -0.2) is 0 Å². The molecule has 2 saturated heterocycles. The molecule has 0 aromatic heterocycles. The van der Waals surface area contributed by atoms with Crippen LogP contribution in [0.15, 0.2) is 24.3 Å². The smallest absolute Gasteiger partial charge is 0.352 e. The minimum atomic E-state index is -4.29. The second kappa shape index (κ2) is 5.91. The van der Waals surface area contributed by atoms with Crippen LogP contribution in [0.1, 0.15) is 30.4 Å². The van der Waals surface area contributed by atoms with Crippen LogP contribution in [0.2, 0.25) is 0 Å². The van der Waals surface area contributed by atoms with Crippen LogP contribution in [-0.4, -0.2) is 29.9 Å². The van der Waals surface area contributed by atoms with Crippen LogP contribution < -0.4 is 5.32 Å². The molecule has 0 bridgehead atoms. The van der Waals surface area contributed by atoms with E-state index in [1.807, 2.05) is 0 Å². The van der Waals surface area contributed by atoms with Crippen molar-refractivity contribution in [2.45, 2.75) is 38.0 Å². The second-order valence-electron chi connectivity index (χ2n) is 6.22. The van der Waals surface area contributed by atoms with Gasteiger partial charge in [-0.2, -0.15) is 13.2 Å². The molecule has 22 heavy (non-hydrogen) atoms. The molecule has 1 aromatic carbocycles. The van der Waals surface area contributed by atoms with E-state index in [1.165, 1.54) is 12.1 Å². The lowest BCUT2D eigenvalue weighted by atomic mass is 9.99. The number of nitrogens with one attached hydrogen (secondary N) is 1. The van der Waals surface area contributed by atoms with Crippen LogP contribution in [-0.2, 0) is 17.5 Å². The molecule has 0 aliphatic carbocycles. The Morgan fingerprint density at radius 3 is 2.59 bits per heavy atom. The molecule has 1 aromatic rings. The predicted octanol–water partition coefficient (Wildman–Crippen LogP) is 2.81. The van der Waals surface area contributed by atoms with Gasteiger partial charge in [-0.15, -0.1) is 0 Å². The van der Waals surface area contributed by atoms with Gasteiger partial charge in [-0.1, -0.05) is 12.1 Å². The number of hydrogen-bond acceptors (Lipinski definition) is 2. The first kappa shape index (κ1) is 15.3. The van der Waals surface area contributed by atoms with Crippen molar-refractivity contribution in [1.82, 2.24) is 10.2 Å². The molecule has 0 unspecified atom stereocenters. The number of rotatable bonds is 2. The highest BCUT2D eigenvalue weighted by Gasteiger charge is 2.35. The minimum absolute atomic E-state index is 0.115. The van der Waals surface area contributed by atoms with E-state index in [0.29, 0.717) is 18.9 Å². The third-order valence-corrected chi connectivity index (χ3v) is 4.53. The molecule has 3 nitrogen and oxygen atoms in total. The summed E-state index contributed by atoms with van der Waals surface area (Å²) in [5, 5.41) is 3.06. The summed E-state index contributed by atoms with van der Waals surface area (Å²) in [5.74, 6) is 0.574. The molecule has 1 amide bonds. The Hall–Kier alpha value is -1.56. The molecule has 2 fully saturated rings. The number of benzene rings is 1. The van der Waals surface area contributed by atoms with Crippen LogP contribution in [0.5, 0.6) is 0 Å². The normalized spacial score (nSPS) is 26.4. The molecule has 1 N–H and O–H groups in total. The van der Waals surface area contributed by atoms with Gasteiger partial charge in [0.2, 0.25) is 5.91 Å². The van der Waals surface area contributed by atoms with Gasteiger partial charge in [-0.05, 0) is 36.5 Å². The first-order valence-electron chi connectivity index (χ1n) is 7.59. The number of alkyl halides is 3. The highest BCUT2D eigenvalue weighted by Crippen LogP contribution is 2.30. The maximum absolute atomic E-state index is 12.6. The standard InChI is InChI=1S/C16H19F3N2O/c17-16(18,19)13-6-4-11(5-7-13)8-21-9-12-2-1-3-15(22)20-14(12)10-21/h4-7,12,14H,1-3,8-10H2,(H,20,22)/t12-,14+/m1/s1. The first-order valence-corrected chi connectivity index (χ1v) is 7.59. The van der Waals surface area contributed by atoms with Crippen LogP contribution in [0, 0.1) is 5.92 Å². The van der Waals surface area contributed by atoms with E-state index >= 15 is 0 Å². The Morgan fingerprint density at radius 2 is 1.91 bits per heavy atom. The second-order valence-corrected chi connectivity index (χ2v) is 6.22. The van der Waals surface area contributed by atoms with Crippen molar-refractivity contribution in [2.75, 3.05) is 13.1 Å². The summed E-state index contributed by atoms with van der Waals surface area (Å²) in [6, 6.07) is 5.52. The van der Waals surface area contributed by atoms with E-state index in [2.05, 4.69) is 10.2 Å². The van der Waals surface area contributed by atoms with Gasteiger partial charge in [0, 0.05) is 32.1 Å². The SMILES string of the molecule is O=C1CCC[C@@H]2CN(Cc3ccc(C(F)(F)F)cc3)C[C@@H]2N1. The van der Waals surface area contributed by atoms with Crippen LogP contribution >= 0.6 is 0 Å². The van der Waals surface area contributed by atoms with E-state index in [-0.39, 0.29) is 11.9 Å². The molecule has 120 valence electrons. The van der Waals surface area contributed by atoms with Crippen molar-refractivity contribution in [1.29, 1.82) is 0 Å². The average molecular weight is 312 g/mol. The minimum Gasteiger partial charge on any atom is -0.352 e. The molecule has 0 saturated carbocycles. The molecular weight excluding hydrogens is 293 g/mol. The average Bonchev–Trinajstić information content (AvgIpc) is 2.71. The zero-order valence-corrected chi connectivity index (χ0v) is 12.2. The predicted molar refractivity (Wildman–Crippen MR) is 76.0 cm³/mol. The van der Waals surface area contributed by atoms with E-state index < -0.39 is 11.7 Å². The quantitative estimate of drug-likeness (QED) is 0.911. The maximum atomic E-state index is 12.6. The summed E-state index contributed by atoms with van der Waals surface area (Å²) in [7, 11) is 0. The van der Waals surface area contributed by atoms with E-state index in [4.69, 9.17) is 0 Å². The largest absolute Gasteiger partial charge is 0.416 e. The van der Waals surface area contributed by atoms with Gasteiger partial charge in [0.05, 0.1) is 5.56 Å². The van der Waals surface area contributed by atoms with Gasteiger partial charge in [-0.3, -0.25) is 9.69 Å². The van der Waals surface area contributed by atoms with E-state index in [1.54, 1.807) is 0 Å². The summed E-state index contributed by atoms with van der Waals surface area (Å²) < 4.78 is 37.7. The molecule has 0 radical (unpaired) electrons. The number of carbonyl (C=O) groups excluding carboxylic acids is 1.